The fourth-order valence-electron chi connectivity index (χ4n) is 1.60. The van der Waals surface area contributed by atoms with Gasteiger partial charge >= 0.3 is 5.76 Å². The van der Waals surface area contributed by atoms with Gasteiger partial charge in [0.2, 0.25) is 5.89 Å². The van der Waals surface area contributed by atoms with Gasteiger partial charge in [-0.1, -0.05) is 45.4 Å². The highest BCUT2D eigenvalue weighted by Crippen LogP contribution is 2.08. The molecule has 1 aromatic heterocycles. The Balaban J connectivity index is 1.95. The molecule has 0 aliphatic rings. The van der Waals surface area contributed by atoms with E-state index in [0.29, 0.717) is 5.89 Å². The van der Waals surface area contributed by atoms with Crippen LogP contribution in [0.5, 0.6) is 0 Å². The van der Waals surface area contributed by atoms with Crippen molar-refractivity contribution >= 4 is 0 Å². The van der Waals surface area contributed by atoms with E-state index in [1.165, 1.54) is 38.5 Å². The Hall–Kier alpha value is -1.06. The topological polar surface area (TPSA) is 58.9 Å². The molecule has 86 valence electrons. The molecule has 0 unspecified atom stereocenters. The number of unbranched alkanes of at least 4 members (excludes halogenated alkanes) is 6. The first-order chi connectivity index (χ1) is 7.33. The van der Waals surface area contributed by atoms with Crippen LogP contribution >= 0.6 is 0 Å². The van der Waals surface area contributed by atoms with Crippen molar-refractivity contribution in [3.63, 3.8) is 0 Å². The molecule has 1 aromatic rings. The summed E-state index contributed by atoms with van der Waals surface area (Å²) in [4.78, 5) is 10.6. The smallest absolute Gasteiger partial charge is 0.393 e. The average molecular weight is 212 g/mol. The standard InChI is InChI=1S/C11H20N2O2/c1-2-3-4-5-6-7-8-9-10-12-13-11(14)15-10/h2-9H2,1H3,(H,13,14). The van der Waals surface area contributed by atoms with Crippen LogP contribution in [0.3, 0.4) is 0 Å². The number of aromatic nitrogens is 2. The van der Waals surface area contributed by atoms with Gasteiger partial charge in [0.25, 0.3) is 0 Å². The first-order valence-corrected chi connectivity index (χ1v) is 5.87. The summed E-state index contributed by atoms with van der Waals surface area (Å²) >= 11 is 0. The zero-order chi connectivity index (χ0) is 10.9. The second-order valence-corrected chi connectivity index (χ2v) is 3.88. The van der Waals surface area contributed by atoms with Crippen molar-refractivity contribution in [2.75, 3.05) is 0 Å². The largest absolute Gasteiger partial charge is 0.434 e. The number of aromatic amines is 1. The molecule has 0 amide bonds. The third-order valence-electron chi connectivity index (χ3n) is 2.48. The van der Waals surface area contributed by atoms with Gasteiger partial charge in [-0.25, -0.2) is 9.89 Å². The number of rotatable bonds is 8. The average Bonchev–Trinajstić information content (AvgIpc) is 2.63. The molecule has 0 aliphatic heterocycles. The molecule has 0 aromatic carbocycles. The van der Waals surface area contributed by atoms with E-state index < -0.39 is 5.76 Å². The van der Waals surface area contributed by atoms with E-state index in [9.17, 15) is 4.79 Å². The third-order valence-corrected chi connectivity index (χ3v) is 2.48. The lowest BCUT2D eigenvalue weighted by Crippen LogP contribution is -1.93. The highest BCUT2D eigenvalue weighted by atomic mass is 16.4. The number of aryl methyl sites for hydroxylation is 1. The minimum Gasteiger partial charge on any atom is -0.393 e. The van der Waals surface area contributed by atoms with Gasteiger partial charge < -0.3 is 4.42 Å². The molecule has 0 bridgehead atoms. The van der Waals surface area contributed by atoms with Crippen LogP contribution in [0.25, 0.3) is 0 Å². The van der Waals surface area contributed by atoms with Crippen LogP contribution in [0.1, 0.15) is 57.8 Å². The van der Waals surface area contributed by atoms with E-state index in [-0.39, 0.29) is 0 Å². The van der Waals surface area contributed by atoms with E-state index in [1.807, 2.05) is 0 Å². The van der Waals surface area contributed by atoms with E-state index >= 15 is 0 Å². The molecule has 1 rings (SSSR count). The van der Waals surface area contributed by atoms with Gasteiger partial charge in [-0.3, -0.25) is 0 Å². The normalized spacial score (nSPS) is 10.7. The summed E-state index contributed by atoms with van der Waals surface area (Å²) in [5.74, 6) is 0.0847. The second kappa shape index (κ2) is 7.26. The quantitative estimate of drug-likeness (QED) is 0.674. The monoisotopic (exact) mass is 212 g/mol. The molecule has 0 radical (unpaired) electrons. The van der Waals surface area contributed by atoms with Crippen LogP contribution in [0.4, 0.5) is 0 Å². The van der Waals surface area contributed by atoms with E-state index in [2.05, 4.69) is 17.1 Å². The molecule has 0 saturated carbocycles. The Labute approximate surface area is 90.1 Å². The predicted octanol–water partition coefficient (Wildman–Crippen LogP) is 2.66. The summed E-state index contributed by atoms with van der Waals surface area (Å²) in [7, 11) is 0. The second-order valence-electron chi connectivity index (χ2n) is 3.88. The Morgan fingerprint density at radius 2 is 1.80 bits per heavy atom. The molecule has 1 N–H and O–H groups in total. The molecule has 4 heteroatoms. The van der Waals surface area contributed by atoms with E-state index in [0.717, 1.165) is 12.8 Å². The van der Waals surface area contributed by atoms with Crippen LogP contribution in [-0.4, -0.2) is 10.2 Å². The van der Waals surface area contributed by atoms with Crippen LogP contribution in [0, 0.1) is 0 Å². The van der Waals surface area contributed by atoms with Crippen molar-refractivity contribution in [2.45, 2.75) is 58.3 Å². The summed E-state index contributed by atoms with van der Waals surface area (Å²) < 4.78 is 4.81. The van der Waals surface area contributed by atoms with Crippen molar-refractivity contribution in [3.8, 4) is 0 Å². The minimum atomic E-state index is -0.451. The Bertz CT molecular complexity index is 304. The van der Waals surface area contributed by atoms with Gasteiger partial charge in [0.05, 0.1) is 0 Å². The first-order valence-electron chi connectivity index (χ1n) is 5.87. The maximum absolute atomic E-state index is 10.6. The molecular formula is C11H20N2O2. The molecular weight excluding hydrogens is 192 g/mol. The van der Waals surface area contributed by atoms with Gasteiger partial charge in [0, 0.05) is 6.42 Å². The SMILES string of the molecule is CCCCCCCCCc1n[nH]c(=O)o1. The van der Waals surface area contributed by atoms with Crippen molar-refractivity contribution in [1.82, 2.24) is 10.2 Å². The molecule has 4 nitrogen and oxygen atoms in total. The maximum atomic E-state index is 10.6. The summed E-state index contributed by atoms with van der Waals surface area (Å²) in [5.41, 5.74) is 0. The van der Waals surface area contributed by atoms with Crippen molar-refractivity contribution in [3.05, 3.63) is 16.4 Å². The minimum absolute atomic E-state index is 0.451. The molecule has 0 saturated heterocycles. The zero-order valence-electron chi connectivity index (χ0n) is 9.42. The molecule has 1 heterocycles. The summed E-state index contributed by atoms with van der Waals surface area (Å²) in [6.45, 7) is 2.22. The van der Waals surface area contributed by atoms with Crippen molar-refractivity contribution in [2.24, 2.45) is 0 Å². The van der Waals surface area contributed by atoms with Gasteiger partial charge in [0.15, 0.2) is 0 Å². The summed E-state index contributed by atoms with van der Waals surface area (Å²) in [6, 6.07) is 0. The zero-order valence-corrected chi connectivity index (χ0v) is 9.42. The van der Waals surface area contributed by atoms with Crippen molar-refractivity contribution in [1.29, 1.82) is 0 Å². The van der Waals surface area contributed by atoms with Gasteiger partial charge in [-0.2, -0.15) is 0 Å². The van der Waals surface area contributed by atoms with E-state index in [4.69, 9.17) is 4.42 Å². The van der Waals surface area contributed by atoms with Crippen LogP contribution in [0.2, 0.25) is 0 Å². The van der Waals surface area contributed by atoms with Crippen LogP contribution < -0.4 is 5.76 Å². The highest BCUT2D eigenvalue weighted by Gasteiger charge is 2.00. The number of nitrogens with zero attached hydrogens (tertiary/aromatic N) is 1. The Morgan fingerprint density at radius 1 is 1.13 bits per heavy atom. The van der Waals surface area contributed by atoms with Gasteiger partial charge in [0.1, 0.15) is 0 Å². The van der Waals surface area contributed by atoms with Gasteiger partial charge in [-0.05, 0) is 6.42 Å². The lowest BCUT2D eigenvalue weighted by atomic mass is 10.1. The fourth-order valence-corrected chi connectivity index (χ4v) is 1.60. The van der Waals surface area contributed by atoms with Crippen LogP contribution in [-0.2, 0) is 6.42 Å². The number of H-pyrrole nitrogens is 1. The third kappa shape index (κ3) is 5.40. The van der Waals surface area contributed by atoms with Crippen molar-refractivity contribution < 1.29 is 4.42 Å². The fraction of sp³-hybridized carbons (Fsp3) is 0.818. The summed E-state index contributed by atoms with van der Waals surface area (Å²) in [6.07, 6.45) is 9.58. The molecule has 0 atom stereocenters. The van der Waals surface area contributed by atoms with Crippen LogP contribution in [0.15, 0.2) is 9.21 Å². The molecule has 15 heavy (non-hydrogen) atoms. The number of nitrogens with one attached hydrogen (secondary N) is 1. The lowest BCUT2D eigenvalue weighted by molar-refractivity contribution is 0.450. The number of hydrogen-bond acceptors (Lipinski definition) is 3. The Kier molecular flexibility index (Phi) is 5.81. The predicted molar refractivity (Wildman–Crippen MR) is 58.8 cm³/mol. The Morgan fingerprint density at radius 3 is 2.40 bits per heavy atom. The molecule has 0 spiro atoms. The first kappa shape index (κ1) is 12.0. The number of hydrogen-bond donors (Lipinski definition) is 1. The van der Waals surface area contributed by atoms with E-state index in [1.54, 1.807) is 0 Å². The van der Waals surface area contributed by atoms with Gasteiger partial charge in [-0.15, -0.1) is 5.10 Å². The summed E-state index contributed by atoms with van der Waals surface area (Å²) in [5, 5.41) is 6.02. The molecule has 0 fully saturated rings. The highest BCUT2D eigenvalue weighted by molar-refractivity contribution is 4.72. The maximum Gasteiger partial charge on any atom is 0.434 e. The molecule has 0 aliphatic carbocycles. The lowest BCUT2D eigenvalue weighted by Gasteiger charge is -1.98.